The molecular weight excluding hydrogens is 567 g/mol. The first-order valence-corrected chi connectivity index (χ1v) is 13.4. The third kappa shape index (κ3) is 4.25. The first-order valence-electron chi connectivity index (χ1n) is 14.9. The van der Waals surface area contributed by atoms with Crippen LogP contribution in [0.25, 0.3) is 55.4 Å². The summed E-state index contributed by atoms with van der Waals surface area (Å²) in [6.07, 6.45) is 1.29. The van der Waals surface area contributed by atoms with Crippen LogP contribution in [0.15, 0.2) is 41.6 Å². The third-order valence-electron chi connectivity index (χ3n) is 8.06. The summed E-state index contributed by atoms with van der Waals surface area (Å²) in [5.41, 5.74) is 7.39. The zero-order valence-electron chi connectivity index (χ0n) is 25.6. The van der Waals surface area contributed by atoms with E-state index < -0.39 is 38.1 Å². The molecule has 12 nitrogen and oxygen atoms in total. The maximum absolute atomic E-state index is 15.5. The van der Waals surface area contributed by atoms with Crippen LogP contribution in [0.2, 0.25) is 0 Å². The number of primary amides is 1. The van der Waals surface area contributed by atoms with E-state index in [1.54, 1.807) is 29.8 Å². The van der Waals surface area contributed by atoms with Gasteiger partial charge in [0.15, 0.2) is 0 Å². The number of carbonyl (C=O) groups excluding carboxylic acids is 1. The number of hydrogen-bond donors (Lipinski definition) is 2. The molecule has 6 aromatic rings. The highest BCUT2D eigenvalue weighted by molar-refractivity contribution is 6.14. The molecule has 1 saturated carbocycles. The maximum Gasteiger partial charge on any atom is 0.404 e. The van der Waals surface area contributed by atoms with Gasteiger partial charge in [-0.15, -0.1) is 5.10 Å². The first kappa shape index (κ1) is 23.5. The fourth-order valence-corrected chi connectivity index (χ4v) is 6.27. The number of benzene rings is 1. The Hall–Kier alpha value is -5.08. The van der Waals surface area contributed by atoms with E-state index in [2.05, 4.69) is 20.2 Å². The van der Waals surface area contributed by atoms with Crippen molar-refractivity contribution in [3.05, 3.63) is 53.2 Å². The van der Waals surface area contributed by atoms with Gasteiger partial charge in [0.2, 0.25) is 5.95 Å². The molecule has 0 aliphatic heterocycles. The number of aromatic amines is 1. The van der Waals surface area contributed by atoms with Gasteiger partial charge in [-0.3, -0.25) is 18.5 Å². The van der Waals surface area contributed by atoms with Crippen LogP contribution in [0.5, 0.6) is 0 Å². The van der Waals surface area contributed by atoms with Gasteiger partial charge >= 0.3 is 11.8 Å². The smallest absolute Gasteiger partial charge is 0.404 e. The summed E-state index contributed by atoms with van der Waals surface area (Å²) in [6.45, 7) is -3.37. The van der Waals surface area contributed by atoms with Gasteiger partial charge in [-0.1, -0.05) is 6.07 Å². The molecule has 0 radical (unpaired) electrons. The topological polar surface area (TPSA) is 144 Å². The Balaban J connectivity index is 1.53. The summed E-state index contributed by atoms with van der Waals surface area (Å²) in [4.78, 5) is 32.9. The molecule has 0 unspecified atom stereocenters. The Morgan fingerprint density at radius 1 is 1.28 bits per heavy atom. The van der Waals surface area contributed by atoms with E-state index in [-0.39, 0.29) is 28.6 Å². The number of ether oxygens (including phenoxy) is 1. The summed E-state index contributed by atoms with van der Waals surface area (Å²) in [7, 11) is 1.59. The van der Waals surface area contributed by atoms with Crippen molar-refractivity contribution in [2.75, 3.05) is 0 Å². The lowest BCUT2D eigenvalue weighted by atomic mass is 9.98. The molecule has 2 atom stereocenters. The number of carbonyl (C=O) groups is 1. The van der Waals surface area contributed by atoms with E-state index in [1.807, 2.05) is 0 Å². The van der Waals surface area contributed by atoms with Crippen LogP contribution in [-0.4, -0.2) is 57.3 Å². The highest BCUT2D eigenvalue weighted by atomic mass is 19.3. The Morgan fingerprint density at radius 3 is 2.86 bits per heavy atom. The van der Waals surface area contributed by atoms with E-state index in [1.165, 1.54) is 21.6 Å². The number of rotatable bonds is 6. The summed E-state index contributed by atoms with van der Waals surface area (Å²) >= 11 is 0. The molecule has 222 valence electrons. The van der Waals surface area contributed by atoms with Crippen LogP contribution in [-0.2, 0) is 25.3 Å². The number of amides is 1. The predicted molar refractivity (Wildman–Crippen MR) is 151 cm³/mol. The minimum absolute atomic E-state index is 0.145. The molecule has 1 amide bonds. The lowest BCUT2D eigenvalue weighted by Gasteiger charge is -2.14. The molecule has 0 spiro atoms. The third-order valence-corrected chi connectivity index (χ3v) is 8.06. The van der Waals surface area contributed by atoms with Crippen LogP contribution >= 0.6 is 0 Å². The molecule has 5 heterocycles. The fourth-order valence-electron chi connectivity index (χ4n) is 6.27. The number of aromatic nitrogens is 8. The Labute approximate surface area is 244 Å². The second-order valence-corrected chi connectivity index (χ2v) is 10.6. The van der Waals surface area contributed by atoms with Crippen molar-refractivity contribution < 1.29 is 26.8 Å². The summed E-state index contributed by atoms with van der Waals surface area (Å²) < 4.78 is 75.0. The number of H-pyrrole nitrogens is 1. The molecule has 1 aromatic carbocycles. The van der Waals surface area contributed by atoms with Crippen molar-refractivity contribution in [2.24, 2.45) is 19.8 Å². The van der Waals surface area contributed by atoms with E-state index >= 15 is 4.39 Å². The number of alkyl halides is 2. The molecule has 15 heteroatoms. The van der Waals surface area contributed by atoms with Crippen molar-refractivity contribution in [2.45, 2.75) is 44.4 Å². The average Bonchev–Trinajstić information content (AvgIpc) is 3.79. The zero-order valence-corrected chi connectivity index (χ0v) is 22.6. The number of nitrogens with one attached hydrogen (secondary N) is 1. The van der Waals surface area contributed by atoms with Gasteiger partial charge in [-0.2, -0.15) is 9.49 Å². The number of fused-ring (bicyclic) bond motifs is 4. The largest absolute Gasteiger partial charge is 0.446 e. The van der Waals surface area contributed by atoms with Gasteiger partial charge in [0, 0.05) is 47.7 Å². The standard InChI is InChI=1S/C28H26F3N9O3/c1-37-11-17(25(31)36-37)23-21(13-3-6-18-14(7-13)9-34-39(18)12-20(29)30)22-24-19(10-33-26(22)35-23)38(2)28(42)40(24)15-4-5-16(8-15)43-27(32)41/h3,6-7,9-11,15-16,20H,4-5,8,12H2,1-2H3,(H2,32,41)(H,33,35)/t15-,16-/m1/s1/i1D3. The first-order chi connectivity index (χ1) is 21.8. The van der Waals surface area contributed by atoms with Gasteiger partial charge in [0.1, 0.15) is 18.3 Å². The number of hydrogen-bond acceptors (Lipinski definition) is 6. The van der Waals surface area contributed by atoms with Crippen molar-refractivity contribution in [1.82, 2.24) is 38.7 Å². The van der Waals surface area contributed by atoms with Gasteiger partial charge in [-0.05, 0) is 30.5 Å². The van der Waals surface area contributed by atoms with Crippen molar-refractivity contribution >= 4 is 39.1 Å². The van der Waals surface area contributed by atoms with Crippen molar-refractivity contribution in [3.63, 3.8) is 0 Å². The maximum atomic E-state index is 15.5. The molecule has 1 fully saturated rings. The lowest BCUT2D eigenvalue weighted by molar-refractivity contribution is 0.108. The molecule has 0 saturated heterocycles. The highest BCUT2D eigenvalue weighted by Gasteiger charge is 2.33. The number of imidazole rings is 1. The minimum Gasteiger partial charge on any atom is -0.446 e. The van der Waals surface area contributed by atoms with Crippen LogP contribution in [0.3, 0.4) is 0 Å². The number of halogens is 3. The normalized spacial score (nSPS) is 18.6. The number of pyridine rings is 1. The molecular formula is C28H26F3N9O3. The van der Waals surface area contributed by atoms with Crippen LogP contribution < -0.4 is 11.4 Å². The molecule has 3 N–H and O–H groups in total. The van der Waals surface area contributed by atoms with Crippen LogP contribution in [0.1, 0.15) is 29.4 Å². The quantitative estimate of drug-likeness (QED) is 0.295. The molecule has 7 rings (SSSR count). The van der Waals surface area contributed by atoms with Gasteiger partial charge < -0.3 is 15.5 Å². The highest BCUT2D eigenvalue weighted by Crippen LogP contribution is 2.43. The number of aryl methyl sites for hydroxylation is 2. The average molecular weight is 597 g/mol. The molecule has 1 aliphatic rings. The Bertz CT molecular complexity index is 2230. The summed E-state index contributed by atoms with van der Waals surface area (Å²) in [5, 5.41) is 8.63. The molecule has 0 bridgehead atoms. The van der Waals surface area contributed by atoms with Gasteiger partial charge in [-0.25, -0.2) is 23.4 Å². The second kappa shape index (κ2) is 9.74. The van der Waals surface area contributed by atoms with Gasteiger partial charge in [0.25, 0.3) is 6.43 Å². The van der Waals surface area contributed by atoms with E-state index in [0.29, 0.717) is 62.4 Å². The zero-order chi connectivity index (χ0) is 32.7. The summed E-state index contributed by atoms with van der Waals surface area (Å²) in [6, 6.07) is 4.57. The SMILES string of the molecule is [2H]C([2H])([2H])n1cc(-c2[nH]c3ncc4c(c3c2-c2ccc3c(cnn3CC(F)F)c2)n([C@@H]2CC[C@@H](OC(N)=O)C2)c(=O)n4C)c(F)n1. The molecule has 1 aliphatic carbocycles. The number of nitrogens with zero attached hydrogens (tertiary/aromatic N) is 7. The van der Waals surface area contributed by atoms with Crippen molar-refractivity contribution in [1.29, 1.82) is 0 Å². The molecule has 5 aromatic heterocycles. The Kier molecular flexibility index (Phi) is 5.32. The fraction of sp³-hybridized carbons (Fsp3) is 0.321. The molecule has 43 heavy (non-hydrogen) atoms. The Morgan fingerprint density at radius 2 is 2.12 bits per heavy atom. The second-order valence-electron chi connectivity index (χ2n) is 10.6. The van der Waals surface area contributed by atoms with E-state index in [4.69, 9.17) is 14.6 Å². The monoisotopic (exact) mass is 596 g/mol. The van der Waals surface area contributed by atoms with Crippen molar-refractivity contribution in [3.8, 4) is 22.4 Å². The minimum atomic E-state index is -2.76. The summed E-state index contributed by atoms with van der Waals surface area (Å²) in [5.74, 6) is -1.06. The van der Waals surface area contributed by atoms with Crippen LogP contribution in [0, 0.1) is 5.95 Å². The van der Waals surface area contributed by atoms with E-state index in [9.17, 15) is 18.4 Å². The number of nitrogens with two attached hydrogens (primary N) is 1. The van der Waals surface area contributed by atoms with Gasteiger partial charge in [0.05, 0.1) is 45.6 Å². The lowest BCUT2D eigenvalue weighted by Crippen LogP contribution is -2.26. The van der Waals surface area contributed by atoms with Crippen LogP contribution in [0.4, 0.5) is 18.0 Å². The van der Waals surface area contributed by atoms with E-state index in [0.717, 1.165) is 6.20 Å². The predicted octanol–water partition coefficient (Wildman–Crippen LogP) is 4.23.